The number of aromatic nitrogens is 2. The van der Waals surface area contributed by atoms with Gasteiger partial charge in [0.25, 0.3) is 5.56 Å². The summed E-state index contributed by atoms with van der Waals surface area (Å²) in [5, 5.41) is 16.4. The Kier molecular flexibility index (Phi) is 4.60. The average molecular weight is 348 g/mol. The fourth-order valence-corrected chi connectivity index (χ4v) is 4.10. The molecule has 4 rings (SSSR count). The van der Waals surface area contributed by atoms with E-state index in [1.165, 1.54) is 15.8 Å². The minimum Gasteiger partial charge on any atom is -0.391 e. The van der Waals surface area contributed by atoms with E-state index in [0.29, 0.717) is 17.7 Å². The van der Waals surface area contributed by atoms with Crippen LogP contribution in [-0.2, 0) is 19.4 Å². The second-order valence-electron chi connectivity index (χ2n) is 7.39. The summed E-state index contributed by atoms with van der Waals surface area (Å²) in [4.78, 5) is 12.6. The highest BCUT2D eigenvalue weighted by Crippen LogP contribution is 2.29. The first kappa shape index (κ1) is 17.0. The summed E-state index contributed by atoms with van der Waals surface area (Å²) >= 11 is 0. The molecule has 1 unspecified atom stereocenters. The van der Waals surface area contributed by atoms with Crippen LogP contribution >= 0.6 is 0 Å². The summed E-state index contributed by atoms with van der Waals surface area (Å²) in [7, 11) is 0. The van der Waals surface area contributed by atoms with Gasteiger partial charge in [0.05, 0.1) is 23.7 Å². The van der Waals surface area contributed by atoms with Crippen molar-refractivity contribution in [3.8, 4) is 0 Å². The zero-order valence-corrected chi connectivity index (χ0v) is 15.1. The summed E-state index contributed by atoms with van der Waals surface area (Å²) in [6, 6.07) is 16.1. The van der Waals surface area contributed by atoms with E-state index in [4.69, 9.17) is 0 Å². The lowest BCUT2D eigenvalue weighted by atomic mass is 9.98. The Balaban J connectivity index is 1.41. The third kappa shape index (κ3) is 3.29. The largest absolute Gasteiger partial charge is 0.391 e. The van der Waals surface area contributed by atoms with Crippen molar-refractivity contribution in [1.82, 2.24) is 9.78 Å². The first-order chi connectivity index (χ1) is 12.6. The zero-order valence-electron chi connectivity index (χ0n) is 15.1. The Hall–Kier alpha value is -2.46. The molecule has 0 spiro atoms. The Bertz CT molecular complexity index is 968. The smallest absolute Gasteiger partial charge is 0.274 e. The maximum absolute atomic E-state index is 12.6. The highest BCUT2D eigenvalue weighted by Gasteiger charge is 2.22. The van der Waals surface area contributed by atoms with Gasteiger partial charge in [-0.1, -0.05) is 42.5 Å². The lowest BCUT2D eigenvalue weighted by Crippen LogP contribution is -2.30. The van der Waals surface area contributed by atoms with Crippen LogP contribution in [0.3, 0.4) is 0 Å². The number of aryl methyl sites for hydroxylation is 1. The van der Waals surface area contributed by atoms with Crippen molar-refractivity contribution in [1.29, 1.82) is 0 Å². The van der Waals surface area contributed by atoms with Crippen molar-refractivity contribution < 1.29 is 5.11 Å². The number of aliphatic hydroxyl groups excluding tert-OH is 1. The fourth-order valence-electron chi connectivity index (χ4n) is 4.10. The lowest BCUT2D eigenvalue weighted by molar-refractivity contribution is 0.129. The molecule has 0 saturated carbocycles. The number of aliphatic hydroxyl groups is 1. The van der Waals surface area contributed by atoms with Gasteiger partial charge < -0.3 is 5.11 Å². The topological polar surface area (TPSA) is 55.1 Å². The third-order valence-corrected chi connectivity index (χ3v) is 5.48. The van der Waals surface area contributed by atoms with Gasteiger partial charge in [0.15, 0.2) is 0 Å². The molecule has 1 atom stereocenters. The average Bonchev–Trinajstić information content (AvgIpc) is 3.07. The zero-order chi connectivity index (χ0) is 18.1. The fraction of sp³-hybridized carbons (Fsp3) is 0.364. The van der Waals surface area contributed by atoms with Gasteiger partial charge in [0, 0.05) is 5.39 Å². The van der Waals surface area contributed by atoms with Gasteiger partial charge in [-0.25, -0.2) is 4.68 Å². The summed E-state index contributed by atoms with van der Waals surface area (Å²) in [5.41, 5.74) is 3.57. The van der Waals surface area contributed by atoms with Crippen LogP contribution in [0.4, 0.5) is 0 Å². The quantitative estimate of drug-likeness (QED) is 0.770. The van der Waals surface area contributed by atoms with Crippen LogP contribution in [0.2, 0.25) is 0 Å². The predicted octanol–water partition coefficient (Wildman–Crippen LogP) is 3.26. The van der Waals surface area contributed by atoms with Gasteiger partial charge in [-0.15, -0.1) is 0 Å². The Morgan fingerprint density at radius 3 is 2.38 bits per heavy atom. The highest BCUT2D eigenvalue weighted by molar-refractivity contribution is 5.83. The number of benzene rings is 2. The molecule has 3 aromatic rings. The van der Waals surface area contributed by atoms with E-state index >= 15 is 0 Å². The van der Waals surface area contributed by atoms with Gasteiger partial charge in [0.2, 0.25) is 0 Å². The Morgan fingerprint density at radius 2 is 1.69 bits per heavy atom. The van der Waals surface area contributed by atoms with Crippen LogP contribution in [0.25, 0.3) is 10.8 Å². The lowest BCUT2D eigenvalue weighted by Gasteiger charge is -2.15. The molecule has 0 fully saturated rings. The standard InChI is InChI=1S/C22H24N2O2/c1-15-20-8-4-5-9-21(20)22(26)24(23-15)14-19(25)11-10-16-12-17-6-2-3-7-18(17)13-16/h2-9,16,19,25H,10-14H2,1H3. The van der Waals surface area contributed by atoms with Gasteiger partial charge in [-0.05, 0) is 55.7 Å². The van der Waals surface area contributed by atoms with Gasteiger partial charge in [-0.3, -0.25) is 4.79 Å². The number of hydrogen-bond donors (Lipinski definition) is 1. The predicted molar refractivity (Wildman–Crippen MR) is 103 cm³/mol. The molecule has 26 heavy (non-hydrogen) atoms. The van der Waals surface area contributed by atoms with E-state index < -0.39 is 6.10 Å². The van der Waals surface area contributed by atoms with Crippen LogP contribution in [0.1, 0.15) is 29.7 Å². The van der Waals surface area contributed by atoms with Crippen molar-refractivity contribution in [2.45, 2.75) is 45.3 Å². The van der Waals surface area contributed by atoms with E-state index in [0.717, 1.165) is 30.3 Å². The van der Waals surface area contributed by atoms with Crippen LogP contribution in [0.15, 0.2) is 53.3 Å². The minimum atomic E-state index is -0.551. The van der Waals surface area contributed by atoms with Crippen LogP contribution in [0, 0.1) is 12.8 Å². The first-order valence-corrected chi connectivity index (χ1v) is 9.33. The minimum absolute atomic E-state index is 0.126. The molecule has 0 bridgehead atoms. The maximum Gasteiger partial charge on any atom is 0.274 e. The van der Waals surface area contributed by atoms with Crippen LogP contribution in [-0.4, -0.2) is 21.0 Å². The molecule has 1 aromatic heterocycles. The summed E-state index contributed by atoms with van der Waals surface area (Å²) in [5.74, 6) is 0.588. The van der Waals surface area contributed by atoms with Crippen molar-refractivity contribution in [3.05, 3.63) is 75.7 Å². The first-order valence-electron chi connectivity index (χ1n) is 9.33. The summed E-state index contributed by atoms with van der Waals surface area (Å²) in [6.45, 7) is 2.16. The number of hydrogen-bond acceptors (Lipinski definition) is 3. The van der Waals surface area contributed by atoms with Gasteiger partial charge in [0.1, 0.15) is 0 Å². The van der Waals surface area contributed by atoms with E-state index in [2.05, 4.69) is 29.4 Å². The highest BCUT2D eigenvalue weighted by atomic mass is 16.3. The molecule has 4 nitrogen and oxygen atoms in total. The monoisotopic (exact) mass is 348 g/mol. The van der Waals surface area contributed by atoms with Gasteiger partial charge in [-0.2, -0.15) is 5.10 Å². The second kappa shape index (κ2) is 7.04. The van der Waals surface area contributed by atoms with E-state index in [-0.39, 0.29) is 12.1 Å². The molecule has 0 radical (unpaired) electrons. The molecule has 1 aliphatic carbocycles. The van der Waals surface area contributed by atoms with E-state index in [1.807, 2.05) is 31.2 Å². The number of nitrogens with zero attached hydrogens (tertiary/aromatic N) is 2. The van der Waals surface area contributed by atoms with Crippen LogP contribution in [0.5, 0.6) is 0 Å². The normalized spacial score (nSPS) is 15.3. The maximum atomic E-state index is 12.6. The molecular weight excluding hydrogens is 324 g/mol. The molecule has 2 aromatic carbocycles. The molecule has 0 saturated heterocycles. The summed E-state index contributed by atoms with van der Waals surface area (Å²) < 4.78 is 1.42. The summed E-state index contributed by atoms with van der Waals surface area (Å²) in [6.07, 6.45) is 3.30. The molecule has 0 aliphatic heterocycles. The van der Waals surface area contributed by atoms with Crippen molar-refractivity contribution >= 4 is 10.8 Å². The molecule has 134 valence electrons. The van der Waals surface area contributed by atoms with Crippen molar-refractivity contribution in [2.75, 3.05) is 0 Å². The third-order valence-electron chi connectivity index (χ3n) is 5.48. The van der Waals surface area contributed by atoms with Gasteiger partial charge >= 0.3 is 0 Å². The Labute approximate surface area is 153 Å². The molecule has 1 N–H and O–H groups in total. The van der Waals surface area contributed by atoms with Crippen molar-refractivity contribution in [2.24, 2.45) is 5.92 Å². The molecular formula is C22H24N2O2. The SMILES string of the molecule is Cc1nn(CC(O)CCC2Cc3ccccc3C2)c(=O)c2ccccc12. The van der Waals surface area contributed by atoms with E-state index in [9.17, 15) is 9.90 Å². The molecule has 4 heteroatoms. The second-order valence-corrected chi connectivity index (χ2v) is 7.39. The van der Waals surface area contributed by atoms with E-state index in [1.54, 1.807) is 0 Å². The van der Waals surface area contributed by atoms with Crippen LogP contribution < -0.4 is 5.56 Å². The number of fused-ring (bicyclic) bond motifs is 2. The van der Waals surface area contributed by atoms with Crippen molar-refractivity contribution in [3.63, 3.8) is 0 Å². The number of rotatable bonds is 5. The molecule has 1 aliphatic rings. The molecule has 1 heterocycles. The molecule has 0 amide bonds. The Morgan fingerprint density at radius 1 is 1.08 bits per heavy atom.